The second-order valence-corrected chi connectivity index (χ2v) is 15.3. The average molecular weight is 439 g/mol. The van der Waals surface area contributed by atoms with Crippen LogP contribution in [-0.2, 0) is 24.8 Å². The number of ketones is 1. The predicted molar refractivity (Wildman–Crippen MR) is 124 cm³/mol. The second-order valence-electron chi connectivity index (χ2n) is 9.00. The molecule has 6 heteroatoms. The largest absolute Gasteiger partial charge is 0.501 e. The maximum Gasteiger partial charge on any atom is 0.191 e. The van der Waals surface area contributed by atoms with Crippen molar-refractivity contribution in [2.45, 2.75) is 76.4 Å². The number of hydrogen-bond acceptors (Lipinski definition) is 4. The first-order valence-electron chi connectivity index (χ1n) is 10.3. The van der Waals surface area contributed by atoms with Crippen LogP contribution in [0.2, 0.25) is 18.1 Å². The van der Waals surface area contributed by atoms with E-state index in [-0.39, 0.29) is 16.6 Å². The van der Waals surface area contributed by atoms with E-state index in [0.29, 0.717) is 17.1 Å². The summed E-state index contributed by atoms with van der Waals surface area (Å²) < 4.78 is 23.9. The van der Waals surface area contributed by atoms with Crippen molar-refractivity contribution in [3.8, 4) is 0 Å². The lowest BCUT2D eigenvalue weighted by Gasteiger charge is -2.36. The van der Waals surface area contributed by atoms with E-state index in [9.17, 15) is 9.00 Å². The normalized spacial score (nSPS) is 14.0. The Balaban J connectivity index is 2.38. The fourth-order valence-electron chi connectivity index (χ4n) is 2.48. The summed E-state index contributed by atoms with van der Waals surface area (Å²) in [7, 11) is -1.42. The highest BCUT2D eigenvalue weighted by molar-refractivity contribution is 7.85. The fraction of sp³-hybridized carbons (Fsp3) is 0.609. The van der Waals surface area contributed by atoms with Gasteiger partial charge in [0.25, 0.3) is 0 Å². The van der Waals surface area contributed by atoms with Crippen LogP contribution >= 0.6 is 0 Å². The Labute approximate surface area is 180 Å². The summed E-state index contributed by atoms with van der Waals surface area (Å²) >= 11 is 0. The van der Waals surface area contributed by atoms with Crippen molar-refractivity contribution < 1.29 is 18.2 Å². The van der Waals surface area contributed by atoms with Gasteiger partial charge in [-0.15, -0.1) is 0 Å². The molecule has 0 bridgehead atoms. The maximum absolute atomic E-state index is 12.3. The molecule has 0 fully saturated rings. The van der Waals surface area contributed by atoms with E-state index in [0.717, 1.165) is 31.4 Å². The number of methoxy groups -OCH3 is 1. The number of allylic oxidation sites excluding steroid dienone is 2. The van der Waals surface area contributed by atoms with Gasteiger partial charge in [-0.3, -0.25) is 9.00 Å². The van der Waals surface area contributed by atoms with Crippen molar-refractivity contribution in [2.24, 2.45) is 0 Å². The molecule has 0 aliphatic rings. The van der Waals surface area contributed by atoms with Gasteiger partial charge in [-0.25, -0.2) is 0 Å². The molecular formula is C23H38O4SSi. The lowest BCUT2D eigenvalue weighted by atomic mass is 10.1. The molecule has 0 saturated carbocycles. The number of aryl methyl sites for hydroxylation is 1. The number of rotatable bonds is 12. The topological polar surface area (TPSA) is 52.6 Å². The summed E-state index contributed by atoms with van der Waals surface area (Å²) in [5.74, 6) is 0.472. The Morgan fingerprint density at radius 1 is 1.10 bits per heavy atom. The van der Waals surface area contributed by atoms with Crippen molar-refractivity contribution in [3.63, 3.8) is 0 Å². The second kappa shape index (κ2) is 11.8. The summed E-state index contributed by atoms with van der Waals surface area (Å²) in [6.07, 6.45) is 5.18. The van der Waals surface area contributed by atoms with E-state index < -0.39 is 19.1 Å². The van der Waals surface area contributed by atoms with Gasteiger partial charge in [0.1, 0.15) is 0 Å². The predicted octanol–water partition coefficient (Wildman–Crippen LogP) is 5.78. The molecule has 1 unspecified atom stereocenters. The Bertz CT molecular complexity index is 703. The maximum atomic E-state index is 12.3. The first kappa shape index (κ1) is 25.8. The van der Waals surface area contributed by atoms with Gasteiger partial charge in [0, 0.05) is 24.0 Å². The van der Waals surface area contributed by atoms with Crippen molar-refractivity contribution in [1.29, 1.82) is 0 Å². The summed E-state index contributed by atoms with van der Waals surface area (Å²) in [4.78, 5) is 12.9. The summed E-state index contributed by atoms with van der Waals surface area (Å²) in [5.41, 5.74) is 1.10. The third-order valence-corrected chi connectivity index (χ3v) is 11.4. The molecule has 0 aromatic heterocycles. The van der Waals surface area contributed by atoms with Crippen LogP contribution in [0, 0.1) is 6.92 Å². The number of carbonyl (C=O) groups excluding carboxylic acids is 1. The van der Waals surface area contributed by atoms with Gasteiger partial charge >= 0.3 is 0 Å². The molecule has 0 aliphatic carbocycles. The molecule has 0 N–H and O–H groups in total. The molecule has 0 aliphatic heterocycles. The molecule has 1 aromatic rings. The summed E-state index contributed by atoms with van der Waals surface area (Å²) in [6, 6.07) is 7.43. The minimum atomic E-state index is -1.67. The Hall–Kier alpha value is -1.24. The van der Waals surface area contributed by atoms with E-state index >= 15 is 0 Å². The Kier molecular flexibility index (Phi) is 10.5. The first-order valence-corrected chi connectivity index (χ1v) is 14.6. The molecule has 0 heterocycles. The van der Waals surface area contributed by atoms with E-state index in [1.807, 2.05) is 31.2 Å². The van der Waals surface area contributed by atoms with Gasteiger partial charge in [0.15, 0.2) is 14.1 Å². The third kappa shape index (κ3) is 9.41. The molecule has 29 heavy (non-hydrogen) atoms. The van der Waals surface area contributed by atoms with E-state index in [4.69, 9.17) is 9.16 Å². The van der Waals surface area contributed by atoms with Gasteiger partial charge in [-0.05, 0) is 50.0 Å². The lowest BCUT2D eigenvalue weighted by molar-refractivity contribution is -0.112. The summed E-state index contributed by atoms with van der Waals surface area (Å²) in [5, 5.41) is 0.234. The van der Waals surface area contributed by atoms with Crippen LogP contribution in [-0.4, -0.2) is 37.8 Å². The van der Waals surface area contributed by atoms with Crippen LogP contribution in [0.15, 0.2) is 41.0 Å². The van der Waals surface area contributed by atoms with Crippen LogP contribution in [0.3, 0.4) is 0 Å². The van der Waals surface area contributed by atoms with E-state index in [1.54, 1.807) is 7.11 Å². The third-order valence-electron chi connectivity index (χ3n) is 5.48. The zero-order chi connectivity index (χ0) is 22.1. The first-order chi connectivity index (χ1) is 13.5. The molecular weight excluding hydrogens is 400 g/mol. The summed E-state index contributed by atoms with van der Waals surface area (Å²) in [6.45, 7) is 14.0. The minimum Gasteiger partial charge on any atom is -0.501 e. The fourth-order valence-corrected chi connectivity index (χ4v) is 4.51. The van der Waals surface area contributed by atoms with E-state index in [1.165, 1.54) is 6.08 Å². The number of ether oxygens (including phenoxy) is 1. The van der Waals surface area contributed by atoms with Crippen LogP contribution in [0.1, 0.15) is 52.0 Å². The molecule has 0 amide bonds. The van der Waals surface area contributed by atoms with Crippen LogP contribution < -0.4 is 0 Å². The van der Waals surface area contributed by atoms with Gasteiger partial charge in [-0.1, -0.05) is 44.9 Å². The molecule has 0 spiro atoms. The van der Waals surface area contributed by atoms with Crippen LogP contribution in [0.4, 0.5) is 0 Å². The lowest BCUT2D eigenvalue weighted by Crippen LogP contribution is -2.40. The molecule has 4 nitrogen and oxygen atoms in total. The number of unbranched alkanes of at least 4 members (excludes halogenated alkanes) is 2. The standard InChI is InChI=1S/C23H38O4SSi/c1-19-12-14-22(15-13-19)28(25)18-20(24)17-21(26-5)11-9-8-10-16-27-29(6,7)23(2,3)4/h12-15,17H,8-11,16,18H2,1-7H3/b21-17+. The molecule has 1 atom stereocenters. The van der Waals surface area contributed by atoms with Crippen LogP contribution in [0.25, 0.3) is 0 Å². The quantitative estimate of drug-likeness (QED) is 0.179. The zero-order valence-corrected chi connectivity index (χ0v) is 21.0. The van der Waals surface area contributed by atoms with Crippen molar-refractivity contribution in [3.05, 3.63) is 41.7 Å². The number of benzene rings is 1. The Morgan fingerprint density at radius 3 is 2.28 bits per heavy atom. The molecule has 0 saturated heterocycles. The van der Waals surface area contributed by atoms with Gasteiger partial charge < -0.3 is 9.16 Å². The van der Waals surface area contributed by atoms with Crippen molar-refractivity contribution >= 4 is 24.9 Å². The molecule has 164 valence electrons. The molecule has 1 rings (SSSR count). The number of carbonyl (C=O) groups is 1. The SMILES string of the molecule is CO/C(=C/C(=O)CS(=O)c1ccc(C)cc1)CCCCCO[Si](C)(C)C(C)(C)C. The van der Waals surface area contributed by atoms with Crippen LogP contribution in [0.5, 0.6) is 0 Å². The zero-order valence-electron chi connectivity index (χ0n) is 19.2. The number of hydrogen-bond donors (Lipinski definition) is 0. The minimum absolute atomic E-state index is 0.0176. The van der Waals surface area contributed by atoms with Gasteiger partial charge in [0.05, 0.1) is 29.4 Å². The van der Waals surface area contributed by atoms with Crippen molar-refractivity contribution in [2.75, 3.05) is 19.5 Å². The highest BCUT2D eigenvalue weighted by atomic mass is 32.2. The van der Waals surface area contributed by atoms with Crippen molar-refractivity contribution in [1.82, 2.24) is 0 Å². The highest BCUT2D eigenvalue weighted by Gasteiger charge is 2.36. The van der Waals surface area contributed by atoms with Gasteiger partial charge in [-0.2, -0.15) is 0 Å². The Morgan fingerprint density at radius 2 is 1.72 bits per heavy atom. The highest BCUT2D eigenvalue weighted by Crippen LogP contribution is 2.36. The average Bonchev–Trinajstić information content (AvgIpc) is 2.62. The molecule has 0 radical (unpaired) electrons. The van der Waals surface area contributed by atoms with Gasteiger partial charge in [0.2, 0.25) is 0 Å². The monoisotopic (exact) mass is 438 g/mol. The molecule has 1 aromatic carbocycles. The smallest absolute Gasteiger partial charge is 0.191 e. The van der Waals surface area contributed by atoms with E-state index in [2.05, 4.69) is 33.9 Å².